The zero-order chi connectivity index (χ0) is 7.14. The van der Waals surface area contributed by atoms with Crippen LogP contribution in [0.3, 0.4) is 0 Å². The summed E-state index contributed by atoms with van der Waals surface area (Å²) in [5, 5.41) is 9.65. The summed E-state index contributed by atoms with van der Waals surface area (Å²) in [6.07, 6.45) is 3.95. The number of fused-ring (bicyclic) bond motifs is 2. The Kier molecular flexibility index (Phi) is 2.27. The monoisotopic (exact) mass is 348 g/mol. The maximum absolute atomic E-state index is 9.65. The van der Waals surface area contributed by atoms with Crippen molar-refractivity contribution in [3.8, 4) is 0 Å². The third-order valence-corrected chi connectivity index (χ3v) is 12.2. The summed E-state index contributed by atoms with van der Waals surface area (Å²) in [5.74, 6) is 1.49. The fourth-order valence-corrected chi connectivity index (χ4v) is 11.3. The van der Waals surface area contributed by atoms with Crippen molar-refractivity contribution in [2.75, 3.05) is 0 Å². The molecule has 1 nitrogen and oxygen atoms in total. The quantitative estimate of drug-likeness (QED) is 0.718. The van der Waals surface area contributed by atoms with Gasteiger partial charge in [0.05, 0.1) is 0 Å². The van der Waals surface area contributed by atoms with Crippen LogP contribution in [-0.4, -0.2) is 11.2 Å². The molecule has 0 saturated heterocycles. The van der Waals surface area contributed by atoms with Gasteiger partial charge in [-0.25, -0.2) is 0 Å². The first-order valence-electron chi connectivity index (χ1n) is 4.07. The Morgan fingerprint density at radius 3 is 2.40 bits per heavy atom. The van der Waals surface area contributed by atoms with Gasteiger partial charge in [-0.1, -0.05) is 0 Å². The second-order valence-electron chi connectivity index (χ2n) is 3.64. The molecule has 0 spiro atoms. The summed E-state index contributed by atoms with van der Waals surface area (Å²) >= 11 is -1.13. The van der Waals surface area contributed by atoms with E-state index in [9.17, 15) is 5.11 Å². The molecule has 2 aliphatic carbocycles. The molecule has 0 aromatic carbocycles. The molecule has 0 unspecified atom stereocenters. The number of halogens is 1. The number of hydrogen-bond donors (Lipinski definition) is 1. The maximum atomic E-state index is 9.65. The van der Waals surface area contributed by atoms with E-state index in [1.54, 1.807) is 0 Å². The molecule has 0 heterocycles. The molecule has 10 heavy (non-hydrogen) atoms. The molecule has 2 saturated carbocycles. The van der Waals surface area contributed by atoms with Crippen LogP contribution < -0.4 is 0 Å². The van der Waals surface area contributed by atoms with Crippen LogP contribution in [0.5, 0.6) is 0 Å². The molecule has 2 bridgehead atoms. The fraction of sp³-hybridized carbons (Fsp3) is 1.00. The van der Waals surface area contributed by atoms with Gasteiger partial charge in [-0.3, -0.25) is 0 Å². The first-order valence-corrected chi connectivity index (χ1v) is 14.0. The van der Waals surface area contributed by atoms with Gasteiger partial charge in [-0.15, -0.1) is 0 Å². The second-order valence-corrected chi connectivity index (χ2v) is 11.2. The summed E-state index contributed by atoms with van der Waals surface area (Å²) in [5.41, 5.74) is 0. The van der Waals surface area contributed by atoms with Crippen LogP contribution in [-0.2, 0) is 23.3 Å². The molecule has 2 aliphatic rings. The van der Waals surface area contributed by atoms with E-state index in [-0.39, 0.29) is 6.10 Å². The zero-order valence-electron chi connectivity index (χ0n) is 5.96. The molecule has 2 rings (SSSR count). The molecular weight excluding hydrogens is 336 g/mol. The molecule has 0 radical (unpaired) electrons. The number of aliphatic hydroxyl groups excluding tert-OH is 1. The van der Waals surface area contributed by atoms with Crippen LogP contribution >= 0.6 is 8.25 Å². The van der Waals surface area contributed by atoms with Gasteiger partial charge in [-0.05, 0) is 0 Å². The first kappa shape index (κ1) is 7.81. The molecular formula is C7H11ClHgO. The molecule has 2 fully saturated rings. The normalized spacial score (nSPS) is 51.4. The summed E-state index contributed by atoms with van der Waals surface area (Å²) in [6.45, 7) is 0. The van der Waals surface area contributed by atoms with E-state index in [0.29, 0.717) is 9.34 Å². The van der Waals surface area contributed by atoms with Crippen molar-refractivity contribution in [3.05, 3.63) is 0 Å². The summed E-state index contributed by atoms with van der Waals surface area (Å²) in [7, 11) is 5.96. The minimum atomic E-state index is -1.13. The Balaban J connectivity index is 2.10. The second kappa shape index (κ2) is 2.91. The van der Waals surface area contributed by atoms with E-state index in [0.717, 1.165) is 5.92 Å². The van der Waals surface area contributed by atoms with E-state index < -0.39 is 23.3 Å². The standard InChI is InChI=1S/C7H11O.ClH.Hg/c8-7-4-5-1-2-6(7)3-5;;/h4-8H,1-3H2;1H;/q;;+1/p-1/t5-,6+,7+;;/m1../s1. The molecule has 1 N–H and O–H groups in total. The van der Waals surface area contributed by atoms with Gasteiger partial charge in [0, 0.05) is 0 Å². The van der Waals surface area contributed by atoms with E-state index in [1.807, 2.05) is 0 Å². The molecule has 0 aromatic heterocycles. The van der Waals surface area contributed by atoms with Gasteiger partial charge in [-0.2, -0.15) is 0 Å². The molecule has 0 aliphatic heterocycles. The number of hydrogen-bond acceptors (Lipinski definition) is 1. The third kappa shape index (κ3) is 1.05. The van der Waals surface area contributed by atoms with E-state index >= 15 is 0 Å². The van der Waals surface area contributed by atoms with Crippen LogP contribution in [0.1, 0.15) is 19.3 Å². The SMILES string of the molecule is O[C@@H]1[C@H]2CC[C@H](C2)[C@@H]1[Hg][Cl]. The van der Waals surface area contributed by atoms with Gasteiger partial charge in [0.2, 0.25) is 0 Å². The minimum absolute atomic E-state index is 0.0258. The van der Waals surface area contributed by atoms with E-state index in [4.69, 9.17) is 8.25 Å². The predicted molar refractivity (Wildman–Crippen MR) is 36.4 cm³/mol. The number of rotatable bonds is 1. The topological polar surface area (TPSA) is 20.2 Å². The Bertz CT molecular complexity index is 140. The van der Waals surface area contributed by atoms with Crippen LogP contribution in [0, 0.1) is 11.8 Å². The molecule has 0 aromatic rings. The van der Waals surface area contributed by atoms with E-state index in [2.05, 4.69) is 0 Å². The van der Waals surface area contributed by atoms with Gasteiger partial charge < -0.3 is 0 Å². The van der Waals surface area contributed by atoms with Gasteiger partial charge >= 0.3 is 77.3 Å². The van der Waals surface area contributed by atoms with Gasteiger partial charge in [0.25, 0.3) is 0 Å². The van der Waals surface area contributed by atoms with Crippen molar-refractivity contribution in [1.29, 1.82) is 0 Å². The molecule has 0 amide bonds. The zero-order valence-corrected chi connectivity index (χ0v) is 12.2. The van der Waals surface area contributed by atoms with Crippen LogP contribution in [0.25, 0.3) is 0 Å². The van der Waals surface area contributed by atoms with Crippen molar-refractivity contribution in [1.82, 2.24) is 0 Å². The fourth-order valence-electron chi connectivity index (χ4n) is 2.60. The predicted octanol–water partition coefficient (Wildman–Crippen LogP) is 1.80. The third-order valence-electron chi connectivity index (χ3n) is 3.22. The molecule has 54 valence electrons. The molecule has 3 heteroatoms. The van der Waals surface area contributed by atoms with Crippen molar-refractivity contribution < 1.29 is 28.4 Å². The summed E-state index contributed by atoms with van der Waals surface area (Å²) in [4.78, 5) is 0. The van der Waals surface area contributed by atoms with Crippen LogP contribution in [0.2, 0.25) is 3.43 Å². The van der Waals surface area contributed by atoms with E-state index in [1.165, 1.54) is 19.3 Å². The van der Waals surface area contributed by atoms with Crippen LogP contribution in [0.15, 0.2) is 0 Å². The average molecular weight is 347 g/mol. The average Bonchev–Trinajstić information content (AvgIpc) is 2.46. The Labute approximate surface area is 77.0 Å². The van der Waals surface area contributed by atoms with Crippen LogP contribution in [0.4, 0.5) is 0 Å². The first-order chi connectivity index (χ1) is 4.83. The summed E-state index contributed by atoms with van der Waals surface area (Å²) < 4.78 is 0.639. The summed E-state index contributed by atoms with van der Waals surface area (Å²) in [6, 6.07) is 0. The Morgan fingerprint density at radius 2 is 2.00 bits per heavy atom. The Hall–Kier alpha value is 1.19. The van der Waals surface area contributed by atoms with Gasteiger partial charge in [0.1, 0.15) is 0 Å². The van der Waals surface area contributed by atoms with Gasteiger partial charge in [0.15, 0.2) is 0 Å². The number of aliphatic hydroxyl groups is 1. The van der Waals surface area contributed by atoms with Crippen molar-refractivity contribution in [2.45, 2.75) is 28.8 Å². The molecule has 4 atom stereocenters. The Morgan fingerprint density at radius 1 is 1.30 bits per heavy atom. The van der Waals surface area contributed by atoms with Crippen molar-refractivity contribution in [2.24, 2.45) is 11.8 Å². The van der Waals surface area contributed by atoms with Crippen molar-refractivity contribution >= 4 is 8.25 Å². The van der Waals surface area contributed by atoms with Crippen molar-refractivity contribution in [3.63, 3.8) is 0 Å².